The molecule has 0 unspecified atom stereocenters. The van der Waals surface area contributed by atoms with Crippen molar-refractivity contribution >= 4 is 0 Å². The zero-order valence-electron chi connectivity index (χ0n) is 19.0. The fourth-order valence-corrected chi connectivity index (χ4v) is 0.927. The molecule has 0 spiro atoms. The van der Waals surface area contributed by atoms with Crippen LogP contribution in [0.4, 0.5) is 0 Å². The molecule has 2 rings (SSSR count). The molecule has 0 aromatic rings. The second-order valence-electron chi connectivity index (χ2n) is 4.52. The van der Waals surface area contributed by atoms with Crippen molar-refractivity contribution in [1.29, 1.82) is 0 Å². The molecule has 0 aromatic heterocycles. The van der Waals surface area contributed by atoms with Crippen LogP contribution in [0.1, 0.15) is 94.4 Å². The minimum Gasteiger partial charge on any atom is -0.878 e. The number of ether oxygens (including phenoxy) is 2. The average molecular weight is 398 g/mol. The van der Waals surface area contributed by atoms with Gasteiger partial charge in [0.1, 0.15) is 0 Å². The maximum atomic E-state index is 8.69. The van der Waals surface area contributed by atoms with E-state index in [1.165, 1.54) is 38.5 Å². The summed E-state index contributed by atoms with van der Waals surface area (Å²) < 4.78 is 9.76. The van der Waals surface area contributed by atoms with Gasteiger partial charge in [0.15, 0.2) is 0 Å². The standard InChI is InChI=1S/C4H8O.C4H7O.C4H10.C4H9.C2H4O.C2H4.3CH4.3Li/c2*1-2-4-5-3-1;2*1-3-4-2;1-2-3;1-2;;;;;;/h1-4H2;3H,1-2,4H2;3-4H2,1-2H3;1,3-4H2,2H3;2-3H,1H2;1-2H2;3*1H4;;;/q;-1;;-1;;;;;;3*+1/p-1. The fraction of sp³-hybridized carbons (Fsp3) is 0.739. The zero-order valence-corrected chi connectivity index (χ0v) is 19.0. The van der Waals surface area contributed by atoms with E-state index in [2.05, 4.69) is 47.4 Å². The van der Waals surface area contributed by atoms with E-state index in [1.807, 2.05) is 6.61 Å². The quantitative estimate of drug-likeness (QED) is 0.243. The van der Waals surface area contributed by atoms with Gasteiger partial charge in [0.05, 0.1) is 0 Å². The molecule has 0 atom stereocenters. The third-order valence-corrected chi connectivity index (χ3v) is 2.38. The molecule has 2 heterocycles. The van der Waals surface area contributed by atoms with Crippen LogP contribution in [0.5, 0.6) is 0 Å². The molecule has 0 N–H and O–H groups in total. The molecule has 2 saturated heterocycles. The van der Waals surface area contributed by atoms with Crippen LogP contribution in [0.15, 0.2) is 26.0 Å². The van der Waals surface area contributed by atoms with Crippen molar-refractivity contribution in [3.63, 3.8) is 0 Å². The minimum atomic E-state index is 0. The van der Waals surface area contributed by atoms with Crippen LogP contribution in [0.25, 0.3) is 0 Å². The van der Waals surface area contributed by atoms with Crippen molar-refractivity contribution in [2.75, 3.05) is 19.8 Å². The van der Waals surface area contributed by atoms with Crippen LogP contribution in [-0.2, 0) is 9.47 Å². The van der Waals surface area contributed by atoms with Gasteiger partial charge in [-0.25, -0.2) is 6.61 Å². The number of unbranched alkanes of at least 4 members (excludes halogenated alkanes) is 2. The Morgan fingerprint density at radius 3 is 1.28 bits per heavy atom. The Morgan fingerprint density at radius 1 is 0.862 bits per heavy atom. The van der Waals surface area contributed by atoms with Crippen molar-refractivity contribution in [3.05, 3.63) is 39.5 Å². The van der Waals surface area contributed by atoms with Crippen LogP contribution >= 0.6 is 0 Å². The first-order chi connectivity index (χ1) is 11.2. The van der Waals surface area contributed by atoms with Gasteiger partial charge in [0.2, 0.25) is 0 Å². The Bertz CT molecular complexity index is 134. The number of hydrogen-bond donors (Lipinski definition) is 0. The first-order valence-corrected chi connectivity index (χ1v) is 8.78. The molecule has 0 aromatic carbocycles. The summed E-state index contributed by atoms with van der Waals surface area (Å²) in [6, 6.07) is 0. The summed E-state index contributed by atoms with van der Waals surface area (Å²) in [5, 5.41) is 8.69. The molecule has 2 fully saturated rings. The Kier molecular flexibility index (Phi) is 193. The number of hydrogen-bond acceptors (Lipinski definition) is 3. The van der Waals surface area contributed by atoms with Gasteiger partial charge in [0.25, 0.3) is 0 Å². The van der Waals surface area contributed by atoms with Crippen molar-refractivity contribution in [3.8, 4) is 0 Å². The Hall–Kier alpha value is 0.992. The van der Waals surface area contributed by atoms with Crippen LogP contribution in [-0.4, -0.2) is 19.8 Å². The topological polar surface area (TPSA) is 41.5 Å². The molecular weight excluding hydrogens is 345 g/mol. The summed E-state index contributed by atoms with van der Waals surface area (Å²) >= 11 is 0. The van der Waals surface area contributed by atoms with Crippen LogP contribution in [0.2, 0.25) is 0 Å². The van der Waals surface area contributed by atoms with E-state index in [0.717, 1.165) is 32.7 Å². The summed E-state index contributed by atoms with van der Waals surface area (Å²) in [6.45, 7) is 23.7. The molecule has 0 radical (unpaired) electrons. The van der Waals surface area contributed by atoms with Crippen LogP contribution in [0.3, 0.4) is 0 Å². The zero-order chi connectivity index (χ0) is 18.6. The van der Waals surface area contributed by atoms with Gasteiger partial charge < -0.3 is 21.5 Å². The molecule has 6 heteroatoms. The number of rotatable bonds is 2. The molecule has 2 aliphatic rings. The van der Waals surface area contributed by atoms with Crippen LogP contribution in [0, 0.1) is 13.5 Å². The van der Waals surface area contributed by atoms with Gasteiger partial charge in [-0.05, 0) is 12.8 Å². The molecule has 29 heavy (non-hydrogen) atoms. The summed E-state index contributed by atoms with van der Waals surface area (Å²) in [6.07, 6.45) is 10.3. The van der Waals surface area contributed by atoms with Crippen molar-refractivity contribution in [2.24, 2.45) is 0 Å². The normalized spacial score (nSPS) is 10.9. The van der Waals surface area contributed by atoms with Gasteiger partial charge in [-0.15, -0.1) is 19.7 Å². The third kappa shape index (κ3) is 125. The van der Waals surface area contributed by atoms with Gasteiger partial charge >= 0.3 is 56.6 Å². The summed E-state index contributed by atoms with van der Waals surface area (Å²) in [5.41, 5.74) is 0. The molecule has 0 bridgehead atoms. The first kappa shape index (κ1) is 63.1. The van der Waals surface area contributed by atoms with Crippen molar-refractivity contribution in [1.82, 2.24) is 0 Å². The molecule has 3 nitrogen and oxygen atoms in total. The molecular formula is C23H53Li3O3. The Labute approximate surface area is 223 Å². The second-order valence-corrected chi connectivity index (χ2v) is 4.52. The second kappa shape index (κ2) is 88.8. The van der Waals surface area contributed by atoms with E-state index in [9.17, 15) is 0 Å². The maximum Gasteiger partial charge on any atom is 1.00 e. The van der Waals surface area contributed by atoms with E-state index in [4.69, 9.17) is 14.6 Å². The van der Waals surface area contributed by atoms with Gasteiger partial charge in [0, 0.05) is 19.8 Å². The van der Waals surface area contributed by atoms with E-state index >= 15 is 0 Å². The van der Waals surface area contributed by atoms with Crippen LogP contribution < -0.4 is 61.7 Å². The molecule has 166 valence electrons. The summed E-state index contributed by atoms with van der Waals surface area (Å²) in [5.74, 6) is 0. The molecule has 2 aliphatic heterocycles. The van der Waals surface area contributed by atoms with Crippen molar-refractivity contribution < 1.29 is 71.2 Å². The maximum absolute atomic E-state index is 8.69. The SMILES string of the molecule is C.C.C.C1CCOC1.C=C.C=C[O-].CCCC.[CH-]1CCCO1.[CH2-]CCC.[Li+].[Li+].[Li+]. The predicted octanol–water partition coefficient (Wildman–Crippen LogP) is -1.60. The molecule has 0 amide bonds. The Balaban J connectivity index is -0.0000000183. The first-order valence-electron chi connectivity index (χ1n) is 8.78. The van der Waals surface area contributed by atoms with Gasteiger partial charge in [-0.1, -0.05) is 68.7 Å². The monoisotopic (exact) mass is 398 g/mol. The fourth-order valence-electron chi connectivity index (χ4n) is 0.927. The van der Waals surface area contributed by atoms with Gasteiger partial charge in [-0.3, -0.25) is 0 Å². The molecule has 0 saturated carbocycles. The van der Waals surface area contributed by atoms with E-state index in [0.29, 0.717) is 6.26 Å². The minimum absolute atomic E-state index is 0. The summed E-state index contributed by atoms with van der Waals surface area (Å²) in [4.78, 5) is 0. The molecule has 0 aliphatic carbocycles. The third-order valence-electron chi connectivity index (χ3n) is 2.38. The van der Waals surface area contributed by atoms with Gasteiger partial charge in [-0.2, -0.15) is 19.1 Å². The Morgan fingerprint density at radius 2 is 1.21 bits per heavy atom. The average Bonchev–Trinajstić information content (AvgIpc) is 3.35. The largest absolute Gasteiger partial charge is 1.00 e. The predicted molar refractivity (Wildman–Crippen MR) is 122 cm³/mol. The smallest absolute Gasteiger partial charge is 0.878 e. The van der Waals surface area contributed by atoms with Crippen molar-refractivity contribution in [2.45, 2.75) is 94.4 Å². The van der Waals surface area contributed by atoms with E-state index < -0.39 is 0 Å². The summed E-state index contributed by atoms with van der Waals surface area (Å²) in [7, 11) is 0. The van der Waals surface area contributed by atoms with E-state index in [1.54, 1.807) is 0 Å². The van der Waals surface area contributed by atoms with E-state index in [-0.39, 0.29) is 78.9 Å².